The Morgan fingerprint density at radius 3 is 2.59 bits per heavy atom. The van der Waals surface area contributed by atoms with E-state index in [2.05, 4.69) is 4.98 Å². The van der Waals surface area contributed by atoms with Crippen LogP contribution in [0, 0.1) is 0 Å². The summed E-state index contributed by atoms with van der Waals surface area (Å²) in [5, 5.41) is 0.790. The van der Waals surface area contributed by atoms with Crippen LogP contribution in [0.3, 0.4) is 0 Å². The topological polar surface area (TPSA) is 82.7 Å². The predicted molar refractivity (Wildman–Crippen MR) is 111 cm³/mol. The number of fused-ring (bicyclic) bond motifs is 2. The van der Waals surface area contributed by atoms with Gasteiger partial charge in [0, 0.05) is 44.4 Å². The number of aromatic amines is 1. The summed E-state index contributed by atoms with van der Waals surface area (Å²) in [6, 6.07) is 12.5. The molecule has 1 aliphatic heterocycles. The van der Waals surface area contributed by atoms with Crippen molar-refractivity contribution in [1.29, 1.82) is 0 Å². The third-order valence-electron chi connectivity index (χ3n) is 4.93. The fraction of sp³-hybridized carbons (Fsp3) is 0.190. The third kappa shape index (κ3) is 3.20. The zero-order valence-corrected chi connectivity index (χ0v) is 17.1. The van der Waals surface area contributed by atoms with Gasteiger partial charge in [-0.05, 0) is 23.3 Å². The molecule has 0 fully saturated rings. The van der Waals surface area contributed by atoms with E-state index in [1.807, 2.05) is 30.3 Å². The zero-order chi connectivity index (χ0) is 20.8. The molecule has 0 radical (unpaired) electrons. The molecule has 0 spiro atoms. The molecular weight excluding hydrogens is 390 g/mol. The van der Waals surface area contributed by atoms with E-state index >= 15 is 0 Å². The molecule has 1 aliphatic rings. The second-order valence-corrected chi connectivity index (χ2v) is 9.03. The molecule has 2 aromatic carbocycles. The molecule has 150 valence electrons. The number of carbonyl (C=O) groups is 1. The quantitative estimate of drug-likeness (QED) is 0.528. The van der Waals surface area contributed by atoms with E-state index in [9.17, 15) is 13.2 Å². The number of rotatable bonds is 4. The van der Waals surface area contributed by atoms with Crippen LogP contribution < -0.4 is 4.74 Å². The summed E-state index contributed by atoms with van der Waals surface area (Å²) >= 11 is 0. The lowest BCUT2D eigenvalue weighted by Crippen LogP contribution is -2.40. The molecular formula is C21H21N3O4S. The monoisotopic (exact) mass is 411 g/mol. The Balaban J connectivity index is 1.95. The molecule has 3 aromatic rings. The van der Waals surface area contributed by atoms with Gasteiger partial charge in [-0.2, -0.15) is 12.7 Å². The largest absolute Gasteiger partial charge is 0.424 e. The van der Waals surface area contributed by atoms with Crippen molar-refractivity contribution < 1.29 is 17.9 Å². The van der Waals surface area contributed by atoms with Crippen LogP contribution >= 0.6 is 0 Å². The van der Waals surface area contributed by atoms with Crippen molar-refractivity contribution in [2.75, 3.05) is 14.1 Å². The Morgan fingerprint density at radius 2 is 1.86 bits per heavy atom. The van der Waals surface area contributed by atoms with E-state index in [1.165, 1.54) is 29.6 Å². The van der Waals surface area contributed by atoms with Crippen LogP contribution in [0.2, 0.25) is 0 Å². The Hall–Kier alpha value is -3.10. The van der Waals surface area contributed by atoms with Gasteiger partial charge in [0.05, 0.1) is 11.6 Å². The van der Waals surface area contributed by atoms with E-state index < -0.39 is 22.2 Å². The maximum atomic E-state index is 13.1. The van der Waals surface area contributed by atoms with Crippen molar-refractivity contribution in [1.82, 2.24) is 13.6 Å². The second kappa shape index (κ2) is 7.06. The number of nitrogens with zero attached hydrogens (tertiary/aromatic N) is 2. The first kappa shape index (κ1) is 19.2. The van der Waals surface area contributed by atoms with E-state index in [0.717, 1.165) is 22.1 Å². The van der Waals surface area contributed by atoms with Crippen molar-refractivity contribution in [2.24, 2.45) is 0 Å². The van der Waals surface area contributed by atoms with Crippen LogP contribution in [0.15, 0.2) is 54.9 Å². The second-order valence-electron chi connectivity index (χ2n) is 6.98. The van der Waals surface area contributed by atoms with Crippen LogP contribution in [0.25, 0.3) is 17.0 Å². The molecule has 8 heteroatoms. The Labute approximate surface area is 169 Å². The molecule has 0 saturated heterocycles. The van der Waals surface area contributed by atoms with Gasteiger partial charge in [0.1, 0.15) is 0 Å². The first-order valence-corrected chi connectivity index (χ1v) is 10.5. The first-order chi connectivity index (χ1) is 13.8. The fourth-order valence-electron chi connectivity index (χ4n) is 3.61. The van der Waals surface area contributed by atoms with Gasteiger partial charge < -0.3 is 9.72 Å². The smallest absolute Gasteiger partial charge is 0.308 e. The highest BCUT2D eigenvalue weighted by Crippen LogP contribution is 2.41. The van der Waals surface area contributed by atoms with Gasteiger partial charge in [-0.25, -0.2) is 0 Å². The highest BCUT2D eigenvalue weighted by atomic mass is 32.2. The van der Waals surface area contributed by atoms with E-state index in [-0.39, 0.29) is 0 Å². The number of para-hydroxylation sites is 1. The highest BCUT2D eigenvalue weighted by molar-refractivity contribution is 7.86. The van der Waals surface area contributed by atoms with E-state index in [4.69, 9.17) is 4.74 Å². The van der Waals surface area contributed by atoms with Crippen LogP contribution in [0.4, 0.5) is 0 Å². The summed E-state index contributed by atoms with van der Waals surface area (Å²) < 4.78 is 34.0. The number of carbonyl (C=O) groups excluding carboxylic acids is 1. The molecule has 1 aromatic heterocycles. The summed E-state index contributed by atoms with van der Waals surface area (Å²) in [6.07, 6.45) is 5.17. The lowest BCUT2D eigenvalue weighted by molar-refractivity contribution is -0.131. The van der Waals surface area contributed by atoms with Crippen LogP contribution in [-0.4, -0.2) is 42.1 Å². The minimum atomic E-state index is -3.74. The molecule has 29 heavy (non-hydrogen) atoms. The number of ether oxygens (including phenoxy) is 1. The summed E-state index contributed by atoms with van der Waals surface area (Å²) in [7, 11) is -0.718. The molecule has 0 bridgehead atoms. The van der Waals surface area contributed by atoms with Gasteiger partial charge in [0.2, 0.25) is 0 Å². The Kier molecular flexibility index (Phi) is 4.68. The van der Waals surface area contributed by atoms with Crippen molar-refractivity contribution in [3.05, 3.63) is 71.6 Å². The maximum Gasteiger partial charge on any atom is 0.308 e. The lowest BCUT2D eigenvalue weighted by Gasteiger charge is -2.35. The molecule has 0 aliphatic carbocycles. The van der Waals surface area contributed by atoms with E-state index in [1.54, 1.807) is 30.6 Å². The van der Waals surface area contributed by atoms with Gasteiger partial charge >= 0.3 is 16.2 Å². The number of aromatic nitrogens is 1. The average Bonchev–Trinajstić information content (AvgIpc) is 3.11. The number of H-pyrrole nitrogens is 1. The van der Waals surface area contributed by atoms with Gasteiger partial charge in [-0.1, -0.05) is 36.4 Å². The minimum absolute atomic E-state index is 0.405. The van der Waals surface area contributed by atoms with Crippen LogP contribution in [-0.2, 0) is 15.0 Å². The predicted octanol–water partition coefficient (Wildman–Crippen LogP) is 3.28. The third-order valence-corrected chi connectivity index (χ3v) is 6.72. The van der Waals surface area contributed by atoms with Crippen LogP contribution in [0.1, 0.15) is 29.7 Å². The lowest BCUT2D eigenvalue weighted by atomic mass is 9.92. The molecule has 0 saturated carbocycles. The van der Waals surface area contributed by atoms with Gasteiger partial charge in [0.15, 0.2) is 5.75 Å². The molecule has 2 heterocycles. The van der Waals surface area contributed by atoms with E-state index in [0.29, 0.717) is 11.3 Å². The molecule has 1 N–H and O–H groups in total. The maximum absolute atomic E-state index is 13.1. The Morgan fingerprint density at radius 1 is 1.10 bits per heavy atom. The van der Waals surface area contributed by atoms with Crippen molar-refractivity contribution >= 4 is 33.2 Å². The molecule has 7 nitrogen and oxygen atoms in total. The summed E-state index contributed by atoms with van der Waals surface area (Å²) in [5.41, 5.74) is 3.25. The van der Waals surface area contributed by atoms with Gasteiger partial charge in [0.25, 0.3) is 0 Å². The molecule has 4 rings (SSSR count). The standard InChI is InChI=1S/C21H21N3O4S/c1-14(25)28-19-10-6-9-17-18(13-22-20(17)19)21-16-8-5-4-7-15(16)11-12-24(21)29(26,27)23(2)3/h4-13,21-22H,1-3H3. The number of nitrogens with one attached hydrogen (secondary N) is 1. The average molecular weight is 411 g/mol. The SMILES string of the molecule is CC(=O)Oc1cccc2c(C3c4ccccc4C=CN3S(=O)(=O)N(C)C)c[nH]c12. The summed E-state index contributed by atoms with van der Waals surface area (Å²) in [4.78, 5) is 14.6. The fourth-order valence-corrected chi connectivity index (χ4v) is 4.69. The normalized spacial score (nSPS) is 16.3. The van der Waals surface area contributed by atoms with Gasteiger partial charge in [-0.15, -0.1) is 0 Å². The number of hydrogen-bond acceptors (Lipinski definition) is 4. The molecule has 1 unspecified atom stereocenters. The first-order valence-electron chi connectivity index (χ1n) is 9.07. The highest BCUT2D eigenvalue weighted by Gasteiger charge is 2.35. The molecule has 1 atom stereocenters. The van der Waals surface area contributed by atoms with Crippen LogP contribution in [0.5, 0.6) is 5.75 Å². The number of benzene rings is 2. The van der Waals surface area contributed by atoms with Crippen molar-refractivity contribution in [3.63, 3.8) is 0 Å². The summed E-state index contributed by atoms with van der Waals surface area (Å²) in [6.45, 7) is 1.34. The minimum Gasteiger partial charge on any atom is -0.424 e. The van der Waals surface area contributed by atoms with Gasteiger partial charge in [-0.3, -0.25) is 9.10 Å². The summed E-state index contributed by atoms with van der Waals surface area (Å²) in [5.74, 6) is -0.0145. The zero-order valence-electron chi connectivity index (χ0n) is 16.3. The number of hydrogen-bond donors (Lipinski definition) is 1. The molecule has 0 amide bonds. The van der Waals surface area contributed by atoms with Crippen molar-refractivity contribution in [2.45, 2.75) is 13.0 Å². The van der Waals surface area contributed by atoms with Crippen molar-refractivity contribution in [3.8, 4) is 5.75 Å². The Bertz CT molecular complexity index is 1230. The number of esters is 1.